The lowest BCUT2D eigenvalue weighted by Crippen LogP contribution is -2.44. The van der Waals surface area contributed by atoms with Crippen LogP contribution in [0.1, 0.15) is 32.6 Å². The highest BCUT2D eigenvalue weighted by Crippen LogP contribution is 2.35. The maximum Gasteiger partial charge on any atom is 0.416 e. The zero-order chi connectivity index (χ0) is 25.7. The molecule has 1 aliphatic heterocycles. The summed E-state index contributed by atoms with van der Waals surface area (Å²) in [5.74, 6) is -0.470. The molecule has 2 N–H and O–H groups in total. The molecule has 6 nitrogen and oxygen atoms in total. The van der Waals surface area contributed by atoms with E-state index in [0.29, 0.717) is 12.1 Å². The number of anilines is 2. The van der Waals surface area contributed by atoms with Crippen LogP contribution in [0.3, 0.4) is 0 Å². The molecule has 0 aliphatic carbocycles. The lowest BCUT2D eigenvalue weighted by Gasteiger charge is -2.33. The number of benzene rings is 2. The summed E-state index contributed by atoms with van der Waals surface area (Å²) in [7, 11) is 2.00. The number of aromatic nitrogens is 1. The zero-order valence-electron chi connectivity index (χ0n) is 20.4. The molecule has 1 fully saturated rings. The van der Waals surface area contributed by atoms with E-state index in [4.69, 9.17) is 0 Å². The van der Waals surface area contributed by atoms with Gasteiger partial charge in [0.1, 0.15) is 0 Å². The van der Waals surface area contributed by atoms with Gasteiger partial charge in [-0.3, -0.25) is 14.7 Å². The average molecular weight is 498 g/mol. The molecule has 2 aromatic carbocycles. The first-order valence-corrected chi connectivity index (χ1v) is 11.8. The molecule has 0 atom stereocenters. The number of hydrogen-bond acceptors (Lipinski definition) is 5. The number of aryl methyl sites for hydroxylation is 1. The first-order chi connectivity index (χ1) is 17.2. The van der Waals surface area contributed by atoms with Crippen molar-refractivity contribution in [3.63, 3.8) is 0 Å². The topological polar surface area (TPSA) is 60.5 Å². The van der Waals surface area contributed by atoms with Crippen LogP contribution in [0.25, 0.3) is 0 Å². The van der Waals surface area contributed by atoms with Gasteiger partial charge in [0.2, 0.25) is 0 Å². The number of nitrogens with one attached hydrogen (secondary N) is 2. The van der Waals surface area contributed by atoms with Crippen molar-refractivity contribution in [2.45, 2.75) is 26.2 Å². The number of piperazine rings is 1. The quantitative estimate of drug-likeness (QED) is 0.480. The number of likely N-dealkylation sites (N-methyl/N-ethyl adjacent to an activating group) is 1. The van der Waals surface area contributed by atoms with Gasteiger partial charge in [0.15, 0.2) is 0 Å². The molecule has 1 amide bonds. The summed E-state index contributed by atoms with van der Waals surface area (Å²) in [4.78, 5) is 21.1. The predicted molar refractivity (Wildman–Crippen MR) is 135 cm³/mol. The maximum atomic E-state index is 13.9. The summed E-state index contributed by atoms with van der Waals surface area (Å²) < 4.78 is 41.6. The molecular formula is C27H30F3N5O. The highest BCUT2D eigenvalue weighted by atomic mass is 19.4. The second-order valence-electron chi connectivity index (χ2n) is 9.14. The van der Waals surface area contributed by atoms with Crippen molar-refractivity contribution in [2.24, 2.45) is 0 Å². The number of carbonyl (C=O) groups is 1. The van der Waals surface area contributed by atoms with Gasteiger partial charge in [0, 0.05) is 68.6 Å². The number of carbonyl (C=O) groups excluding carboxylic acids is 1. The molecule has 0 unspecified atom stereocenters. The first-order valence-electron chi connectivity index (χ1n) is 11.8. The summed E-state index contributed by atoms with van der Waals surface area (Å²) in [6, 6.07) is 13.0. The molecule has 0 saturated carbocycles. The van der Waals surface area contributed by atoms with Crippen molar-refractivity contribution in [1.82, 2.24) is 14.8 Å². The molecule has 1 aromatic heterocycles. The van der Waals surface area contributed by atoms with Crippen LogP contribution in [0.4, 0.5) is 24.5 Å². The van der Waals surface area contributed by atoms with Crippen molar-refractivity contribution in [3.05, 3.63) is 88.7 Å². The van der Waals surface area contributed by atoms with E-state index in [-0.39, 0.29) is 17.8 Å². The van der Waals surface area contributed by atoms with Crippen LogP contribution in [0.15, 0.2) is 60.9 Å². The fraction of sp³-hybridized carbons (Fsp3) is 0.333. The van der Waals surface area contributed by atoms with Crippen LogP contribution in [-0.4, -0.2) is 53.9 Å². The molecule has 36 heavy (non-hydrogen) atoms. The van der Waals surface area contributed by atoms with E-state index >= 15 is 0 Å². The minimum absolute atomic E-state index is 0.112. The molecular weight excluding hydrogens is 467 g/mol. The van der Waals surface area contributed by atoms with Gasteiger partial charge in [0.05, 0.1) is 5.56 Å². The van der Waals surface area contributed by atoms with Crippen molar-refractivity contribution >= 4 is 17.3 Å². The minimum atomic E-state index is -4.52. The van der Waals surface area contributed by atoms with Gasteiger partial charge in [-0.1, -0.05) is 12.1 Å². The van der Waals surface area contributed by atoms with Crippen LogP contribution in [-0.2, 0) is 19.3 Å². The Hall–Kier alpha value is -3.43. The molecule has 4 rings (SSSR count). The third-order valence-electron chi connectivity index (χ3n) is 6.40. The highest BCUT2D eigenvalue weighted by molar-refractivity contribution is 6.05. The fourth-order valence-corrected chi connectivity index (χ4v) is 4.16. The van der Waals surface area contributed by atoms with Crippen LogP contribution in [0.5, 0.6) is 0 Å². The number of halogens is 3. The van der Waals surface area contributed by atoms with Crippen molar-refractivity contribution in [3.8, 4) is 0 Å². The van der Waals surface area contributed by atoms with Crippen LogP contribution >= 0.6 is 0 Å². The van der Waals surface area contributed by atoms with Gasteiger partial charge < -0.3 is 15.5 Å². The highest BCUT2D eigenvalue weighted by Gasteiger charge is 2.34. The van der Waals surface area contributed by atoms with E-state index in [9.17, 15) is 18.0 Å². The second kappa shape index (κ2) is 11.1. The normalized spacial score (nSPS) is 15.0. The minimum Gasteiger partial charge on any atom is -0.381 e. The predicted octanol–water partition coefficient (Wildman–Crippen LogP) is 5.02. The number of nitrogens with zero attached hydrogens (tertiary/aromatic N) is 3. The molecule has 3 aromatic rings. The van der Waals surface area contributed by atoms with E-state index in [1.807, 2.05) is 37.1 Å². The molecule has 1 saturated heterocycles. The molecule has 1 aliphatic rings. The monoisotopic (exact) mass is 497 g/mol. The van der Waals surface area contributed by atoms with E-state index < -0.39 is 17.6 Å². The molecule has 2 heterocycles. The van der Waals surface area contributed by atoms with Crippen LogP contribution in [0, 0.1) is 6.92 Å². The van der Waals surface area contributed by atoms with E-state index in [2.05, 4.69) is 20.5 Å². The molecule has 0 spiro atoms. The first kappa shape index (κ1) is 25.7. The van der Waals surface area contributed by atoms with E-state index in [1.165, 1.54) is 12.1 Å². The van der Waals surface area contributed by atoms with Crippen LogP contribution < -0.4 is 10.6 Å². The standard InChI is InChI=1S/C27H30F3N5O/c1-19-3-4-21(15-25(19)32-17-20-7-9-31-10-8-20)26(36)33-23-6-5-22(24(16-23)27(28,29)30)18-35-13-11-34(2)12-14-35/h3-10,15-16,32H,11-14,17-18H2,1-2H3,(H,33,36). The van der Waals surface area contributed by atoms with Crippen molar-refractivity contribution in [2.75, 3.05) is 43.9 Å². The zero-order valence-corrected chi connectivity index (χ0v) is 20.4. The Morgan fingerprint density at radius 2 is 1.72 bits per heavy atom. The molecule has 9 heteroatoms. The number of amides is 1. The molecule has 190 valence electrons. The Kier molecular flexibility index (Phi) is 7.91. The number of rotatable bonds is 7. The Balaban J connectivity index is 1.48. The third-order valence-corrected chi connectivity index (χ3v) is 6.40. The van der Waals surface area contributed by atoms with Gasteiger partial charge in [-0.2, -0.15) is 13.2 Å². The van der Waals surface area contributed by atoms with Crippen molar-refractivity contribution < 1.29 is 18.0 Å². The van der Waals surface area contributed by atoms with Gasteiger partial charge in [-0.05, 0) is 67.1 Å². The lowest BCUT2D eigenvalue weighted by atomic mass is 10.0. The Bertz CT molecular complexity index is 1190. The van der Waals surface area contributed by atoms with E-state index in [1.54, 1.807) is 24.5 Å². The summed E-state index contributed by atoms with van der Waals surface area (Å²) in [6.07, 6.45) is -1.10. The van der Waals surface area contributed by atoms with E-state index in [0.717, 1.165) is 49.1 Å². The largest absolute Gasteiger partial charge is 0.416 e. The van der Waals surface area contributed by atoms with Crippen LogP contribution in [0.2, 0.25) is 0 Å². The Labute approximate surface area is 209 Å². The second-order valence-corrected chi connectivity index (χ2v) is 9.14. The summed E-state index contributed by atoms with van der Waals surface area (Å²) in [5.41, 5.74) is 2.72. The average Bonchev–Trinajstić information content (AvgIpc) is 2.85. The van der Waals surface area contributed by atoms with Crippen molar-refractivity contribution in [1.29, 1.82) is 0 Å². The molecule has 0 radical (unpaired) electrons. The summed E-state index contributed by atoms with van der Waals surface area (Å²) in [6.45, 7) is 5.79. The molecule has 0 bridgehead atoms. The van der Waals surface area contributed by atoms with Gasteiger partial charge >= 0.3 is 6.18 Å². The number of pyridine rings is 1. The maximum absolute atomic E-state index is 13.9. The van der Waals surface area contributed by atoms with Gasteiger partial charge in [-0.25, -0.2) is 0 Å². The summed E-state index contributed by atoms with van der Waals surface area (Å²) in [5, 5.41) is 5.93. The number of hydrogen-bond donors (Lipinski definition) is 2. The smallest absolute Gasteiger partial charge is 0.381 e. The SMILES string of the molecule is Cc1ccc(C(=O)Nc2ccc(CN3CCN(C)CC3)c(C(F)(F)F)c2)cc1NCc1ccncc1. The Morgan fingerprint density at radius 3 is 2.42 bits per heavy atom. The summed E-state index contributed by atoms with van der Waals surface area (Å²) >= 11 is 0. The Morgan fingerprint density at radius 1 is 1.00 bits per heavy atom. The van der Waals surface area contributed by atoms with Gasteiger partial charge in [0.25, 0.3) is 5.91 Å². The third kappa shape index (κ3) is 6.61. The lowest BCUT2D eigenvalue weighted by molar-refractivity contribution is -0.138. The fourth-order valence-electron chi connectivity index (χ4n) is 4.16. The van der Waals surface area contributed by atoms with Gasteiger partial charge in [-0.15, -0.1) is 0 Å². The number of alkyl halides is 3.